The summed E-state index contributed by atoms with van der Waals surface area (Å²) in [5.74, 6) is 3.98. The second-order valence-electron chi connectivity index (χ2n) is 7.94. The summed E-state index contributed by atoms with van der Waals surface area (Å²) in [6.45, 7) is 2.14. The van der Waals surface area contributed by atoms with Gasteiger partial charge < -0.3 is 15.3 Å². The van der Waals surface area contributed by atoms with Gasteiger partial charge >= 0.3 is 0 Å². The maximum Gasteiger partial charge on any atom is 0.130 e. The summed E-state index contributed by atoms with van der Waals surface area (Å²) in [5.41, 5.74) is 0.782. The number of phenolic OH excluding ortho intramolecular Hbond substituents is 1. The number of benzene rings is 1. The fourth-order valence-corrected chi connectivity index (χ4v) is 5.83. The van der Waals surface area contributed by atoms with E-state index in [1.54, 1.807) is 12.1 Å². The first-order valence-electron chi connectivity index (χ1n) is 8.60. The lowest BCUT2D eigenvalue weighted by molar-refractivity contribution is -0.0729. The lowest BCUT2D eigenvalue weighted by atomic mass is 9.53. The summed E-state index contributed by atoms with van der Waals surface area (Å²) in [6.07, 6.45) is 9.31. The minimum atomic E-state index is -1.01. The molecule has 2 unspecified atom stereocenters. The van der Waals surface area contributed by atoms with Gasteiger partial charge in [-0.25, -0.2) is 0 Å². The summed E-state index contributed by atoms with van der Waals surface area (Å²) in [4.78, 5) is 0. The van der Waals surface area contributed by atoms with Crippen LogP contribution in [0.1, 0.15) is 62.2 Å². The summed E-state index contributed by atoms with van der Waals surface area (Å²) < 4.78 is 0. The third-order valence-corrected chi connectivity index (χ3v) is 7.15. The predicted octanol–water partition coefficient (Wildman–Crippen LogP) is 3.10. The van der Waals surface area contributed by atoms with Crippen molar-refractivity contribution in [1.82, 2.24) is 0 Å². The van der Waals surface area contributed by atoms with Crippen molar-refractivity contribution in [3.63, 3.8) is 0 Å². The zero-order chi connectivity index (χ0) is 16.4. The molecule has 122 valence electrons. The number of hydrogen-bond donors (Lipinski definition) is 3. The van der Waals surface area contributed by atoms with Gasteiger partial charge in [0.05, 0.1) is 6.10 Å². The Hall–Kier alpha value is -1.50. The number of fused-ring (bicyclic) bond motifs is 5. The summed E-state index contributed by atoms with van der Waals surface area (Å²) in [5, 5.41) is 31.2. The Morgan fingerprint density at radius 3 is 2.74 bits per heavy atom. The topological polar surface area (TPSA) is 60.7 Å². The summed E-state index contributed by atoms with van der Waals surface area (Å²) in [6, 6.07) is 5.39. The zero-order valence-corrected chi connectivity index (χ0v) is 13.5. The molecule has 3 aliphatic rings. The van der Waals surface area contributed by atoms with Crippen LogP contribution in [0.3, 0.4) is 0 Å². The minimum absolute atomic E-state index is 0.212. The largest absolute Gasteiger partial charge is 0.508 e. The first-order chi connectivity index (χ1) is 10.9. The van der Waals surface area contributed by atoms with Crippen LogP contribution in [0.25, 0.3) is 0 Å². The predicted molar refractivity (Wildman–Crippen MR) is 87.8 cm³/mol. The maximum atomic E-state index is 10.9. The minimum Gasteiger partial charge on any atom is -0.508 e. The molecule has 3 N–H and O–H groups in total. The first-order valence-corrected chi connectivity index (χ1v) is 8.60. The number of terminal acetylenes is 1. The third kappa shape index (κ3) is 1.86. The van der Waals surface area contributed by atoms with E-state index in [2.05, 4.69) is 12.8 Å². The van der Waals surface area contributed by atoms with E-state index in [9.17, 15) is 15.3 Å². The molecule has 2 saturated carbocycles. The molecule has 2 fully saturated rings. The molecule has 0 amide bonds. The number of aromatic hydroxyl groups is 1. The monoisotopic (exact) mass is 312 g/mol. The summed E-state index contributed by atoms with van der Waals surface area (Å²) in [7, 11) is 0. The van der Waals surface area contributed by atoms with E-state index in [4.69, 9.17) is 6.42 Å². The second-order valence-corrected chi connectivity index (χ2v) is 7.94. The molecule has 0 heterocycles. The zero-order valence-electron chi connectivity index (χ0n) is 13.5. The Labute approximate surface area is 137 Å². The van der Waals surface area contributed by atoms with Crippen molar-refractivity contribution in [1.29, 1.82) is 0 Å². The van der Waals surface area contributed by atoms with Crippen LogP contribution in [0, 0.1) is 29.6 Å². The van der Waals surface area contributed by atoms with Gasteiger partial charge in [0.25, 0.3) is 0 Å². The van der Waals surface area contributed by atoms with Crippen molar-refractivity contribution in [2.45, 2.75) is 56.7 Å². The molecule has 3 aliphatic carbocycles. The first kappa shape index (κ1) is 15.1. The van der Waals surface area contributed by atoms with Gasteiger partial charge in [0.1, 0.15) is 11.4 Å². The van der Waals surface area contributed by atoms with Gasteiger partial charge in [-0.2, -0.15) is 0 Å². The van der Waals surface area contributed by atoms with Gasteiger partial charge in [-0.3, -0.25) is 0 Å². The molecule has 0 bridgehead atoms. The molecular weight excluding hydrogens is 288 g/mol. The SMILES string of the molecule is C#CC1(O)CC[C@H]2[C@@H]3CC(O)c4cc(O)ccc4[C@H]3CC[C@@]21C. The Bertz CT molecular complexity index is 691. The number of hydrogen-bond acceptors (Lipinski definition) is 3. The van der Waals surface area contributed by atoms with Crippen LogP contribution < -0.4 is 0 Å². The second kappa shape index (κ2) is 4.75. The van der Waals surface area contributed by atoms with E-state index in [1.165, 1.54) is 5.56 Å². The average Bonchev–Trinajstić information content (AvgIpc) is 2.80. The number of aliphatic hydroxyl groups excluding tert-OH is 1. The number of aliphatic hydroxyl groups is 2. The molecule has 4 rings (SSSR count). The standard InChI is InChI=1S/C20H24O3/c1-3-20(23)9-7-17-15-11-18(22)16-10-12(21)4-5-13(16)14(15)6-8-19(17,20)2/h1,4-5,10,14-15,17-18,21-23H,6-9,11H2,2H3/t14-,15-,17+,18?,19+,20?/m1/s1. The van der Waals surface area contributed by atoms with E-state index in [-0.39, 0.29) is 11.2 Å². The molecule has 1 aromatic rings. The Kier molecular flexibility index (Phi) is 3.11. The molecule has 0 spiro atoms. The van der Waals surface area contributed by atoms with Crippen LogP contribution in [-0.4, -0.2) is 20.9 Å². The molecular formula is C20H24O3. The van der Waals surface area contributed by atoms with Crippen molar-refractivity contribution in [2.24, 2.45) is 17.3 Å². The van der Waals surface area contributed by atoms with E-state index >= 15 is 0 Å². The molecule has 0 saturated heterocycles. The highest BCUT2D eigenvalue weighted by Crippen LogP contribution is 2.65. The van der Waals surface area contributed by atoms with Gasteiger partial charge in [-0.15, -0.1) is 6.42 Å². The number of phenols is 1. The van der Waals surface area contributed by atoms with Gasteiger partial charge in [0, 0.05) is 5.41 Å². The van der Waals surface area contributed by atoms with E-state index in [0.29, 0.717) is 30.6 Å². The fourth-order valence-electron chi connectivity index (χ4n) is 5.83. The van der Waals surface area contributed by atoms with Crippen LogP contribution in [-0.2, 0) is 0 Å². The Balaban J connectivity index is 1.76. The van der Waals surface area contributed by atoms with Gasteiger partial charge in [-0.1, -0.05) is 18.9 Å². The quantitative estimate of drug-likeness (QED) is 0.645. The number of rotatable bonds is 0. The molecule has 23 heavy (non-hydrogen) atoms. The fraction of sp³-hybridized carbons (Fsp3) is 0.600. The maximum absolute atomic E-state index is 10.9. The molecule has 0 aliphatic heterocycles. The van der Waals surface area contributed by atoms with E-state index in [1.807, 2.05) is 6.07 Å². The molecule has 0 radical (unpaired) electrons. The van der Waals surface area contributed by atoms with Crippen LogP contribution >= 0.6 is 0 Å². The Morgan fingerprint density at radius 1 is 1.22 bits per heavy atom. The van der Waals surface area contributed by atoms with Crippen molar-refractivity contribution >= 4 is 0 Å². The smallest absolute Gasteiger partial charge is 0.130 e. The van der Waals surface area contributed by atoms with Gasteiger partial charge in [0.2, 0.25) is 0 Å². The normalized spacial score (nSPS) is 44.8. The van der Waals surface area contributed by atoms with Crippen LogP contribution in [0.4, 0.5) is 0 Å². The van der Waals surface area contributed by atoms with Gasteiger partial charge in [-0.05, 0) is 73.1 Å². The highest BCUT2D eigenvalue weighted by molar-refractivity contribution is 5.42. The lowest BCUT2D eigenvalue weighted by Gasteiger charge is -2.52. The molecule has 3 heteroatoms. The van der Waals surface area contributed by atoms with Crippen molar-refractivity contribution in [2.75, 3.05) is 0 Å². The molecule has 6 atom stereocenters. The highest BCUT2D eigenvalue weighted by atomic mass is 16.3. The van der Waals surface area contributed by atoms with Crippen molar-refractivity contribution in [3.05, 3.63) is 29.3 Å². The van der Waals surface area contributed by atoms with Crippen molar-refractivity contribution < 1.29 is 15.3 Å². The molecule has 0 aromatic heterocycles. The van der Waals surface area contributed by atoms with Crippen LogP contribution in [0.5, 0.6) is 5.75 Å². The molecule has 1 aromatic carbocycles. The van der Waals surface area contributed by atoms with Crippen LogP contribution in [0.15, 0.2) is 18.2 Å². The molecule has 3 nitrogen and oxygen atoms in total. The third-order valence-electron chi connectivity index (χ3n) is 7.15. The van der Waals surface area contributed by atoms with Crippen molar-refractivity contribution in [3.8, 4) is 18.1 Å². The van der Waals surface area contributed by atoms with E-state index < -0.39 is 11.7 Å². The van der Waals surface area contributed by atoms with E-state index in [0.717, 1.165) is 24.8 Å². The van der Waals surface area contributed by atoms with Gasteiger partial charge in [0.15, 0.2) is 0 Å². The Morgan fingerprint density at radius 2 is 2.00 bits per heavy atom. The highest BCUT2D eigenvalue weighted by Gasteiger charge is 2.61. The average molecular weight is 312 g/mol. The summed E-state index contributed by atoms with van der Waals surface area (Å²) >= 11 is 0. The lowest BCUT2D eigenvalue weighted by Crippen LogP contribution is -2.50. The van der Waals surface area contributed by atoms with Crippen LogP contribution in [0.2, 0.25) is 0 Å².